The molecule has 1 aromatic heterocycles. The fourth-order valence-corrected chi connectivity index (χ4v) is 3.70. The minimum Gasteiger partial charge on any atom is -0.378 e. The van der Waals surface area contributed by atoms with E-state index in [4.69, 9.17) is 9.72 Å². The lowest BCUT2D eigenvalue weighted by Gasteiger charge is -2.25. The highest BCUT2D eigenvalue weighted by atomic mass is 32.1. The molecule has 1 aliphatic rings. The lowest BCUT2D eigenvalue weighted by Crippen LogP contribution is -2.36. The number of anilines is 2. The summed E-state index contributed by atoms with van der Waals surface area (Å²) < 4.78 is 6.50. The lowest BCUT2D eigenvalue weighted by atomic mass is 10.2. The van der Waals surface area contributed by atoms with Crippen molar-refractivity contribution in [3.63, 3.8) is 0 Å². The highest BCUT2D eigenvalue weighted by Crippen LogP contribution is 2.31. The molecule has 23 heavy (non-hydrogen) atoms. The summed E-state index contributed by atoms with van der Waals surface area (Å²) in [5, 5.41) is 4.02. The van der Waals surface area contributed by atoms with E-state index in [1.807, 2.05) is 18.2 Å². The third-order valence-electron chi connectivity index (χ3n) is 3.95. The first-order valence-corrected chi connectivity index (χ1v) is 9.11. The first kappa shape index (κ1) is 16.2. The quantitative estimate of drug-likeness (QED) is 0.820. The monoisotopic (exact) mass is 333 g/mol. The summed E-state index contributed by atoms with van der Waals surface area (Å²) in [4.78, 5) is 18.9. The van der Waals surface area contributed by atoms with Crippen LogP contribution in [0, 0.1) is 0 Å². The van der Waals surface area contributed by atoms with Gasteiger partial charge in [0, 0.05) is 25.2 Å². The number of nitrogens with zero attached hydrogens (tertiary/aromatic N) is 2. The van der Waals surface area contributed by atoms with Crippen LogP contribution in [0.15, 0.2) is 18.2 Å². The molecule has 0 radical (unpaired) electrons. The summed E-state index contributed by atoms with van der Waals surface area (Å²) in [7, 11) is 0. The van der Waals surface area contributed by atoms with Crippen LogP contribution in [0.4, 0.5) is 10.8 Å². The first-order valence-electron chi connectivity index (χ1n) is 8.29. The number of amides is 1. The largest absolute Gasteiger partial charge is 0.378 e. The zero-order valence-corrected chi connectivity index (χ0v) is 14.3. The number of carbonyl (C=O) groups is 1. The number of thiazole rings is 1. The number of morpholine rings is 1. The number of hydrogen-bond acceptors (Lipinski definition) is 5. The van der Waals surface area contributed by atoms with Gasteiger partial charge in [-0.15, -0.1) is 0 Å². The van der Waals surface area contributed by atoms with Crippen LogP contribution >= 0.6 is 11.3 Å². The molecule has 0 saturated carbocycles. The second-order valence-corrected chi connectivity index (χ2v) is 6.79. The van der Waals surface area contributed by atoms with Crippen molar-refractivity contribution in [3.05, 3.63) is 18.2 Å². The van der Waals surface area contributed by atoms with Crippen molar-refractivity contribution in [2.75, 3.05) is 36.5 Å². The number of hydrogen-bond donors (Lipinski definition) is 1. The molecule has 0 spiro atoms. The van der Waals surface area contributed by atoms with Gasteiger partial charge in [0.2, 0.25) is 5.91 Å². The van der Waals surface area contributed by atoms with Crippen LogP contribution in [-0.4, -0.2) is 37.2 Å². The molecule has 2 heterocycles. The van der Waals surface area contributed by atoms with E-state index in [0.717, 1.165) is 66.6 Å². The maximum Gasteiger partial charge on any atom is 0.224 e. The third kappa shape index (κ3) is 4.20. The van der Waals surface area contributed by atoms with Crippen LogP contribution in [-0.2, 0) is 9.53 Å². The number of carbonyl (C=O) groups excluding carboxylic acids is 1. The summed E-state index contributed by atoms with van der Waals surface area (Å²) >= 11 is 1.67. The molecular weight excluding hydrogens is 310 g/mol. The van der Waals surface area contributed by atoms with Gasteiger partial charge in [-0.1, -0.05) is 31.1 Å². The summed E-state index contributed by atoms with van der Waals surface area (Å²) in [6.07, 6.45) is 3.77. The highest BCUT2D eigenvalue weighted by Gasteiger charge is 2.15. The van der Waals surface area contributed by atoms with Gasteiger partial charge in [0.05, 0.1) is 23.4 Å². The molecule has 0 aliphatic carbocycles. The lowest BCUT2D eigenvalue weighted by molar-refractivity contribution is -0.116. The van der Waals surface area contributed by atoms with Crippen LogP contribution < -0.4 is 10.2 Å². The number of fused-ring (bicyclic) bond motifs is 1. The molecule has 2 aromatic rings. The maximum absolute atomic E-state index is 11.9. The molecule has 0 atom stereocenters. The van der Waals surface area contributed by atoms with E-state index in [-0.39, 0.29) is 5.91 Å². The number of aromatic nitrogens is 1. The van der Waals surface area contributed by atoms with Crippen LogP contribution in [0.25, 0.3) is 10.2 Å². The summed E-state index contributed by atoms with van der Waals surface area (Å²) in [5.74, 6) is 0.0933. The first-order chi connectivity index (χ1) is 11.3. The number of nitrogens with one attached hydrogen (secondary N) is 1. The predicted octanol–water partition coefficient (Wildman–Crippen LogP) is 3.65. The van der Waals surface area contributed by atoms with Gasteiger partial charge in [-0.05, 0) is 24.6 Å². The zero-order valence-electron chi connectivity index (χ0n) is 13.5. The Bertz CT molecular complexity index is 665. The second-order valence-electron chi connectivity index (χ2n) is 5.78. The Morgan fingerprint density at radius 1 is 1.35 bits per heavy atom. The Balaban J connectivity index is 1.67. The van der Waals surface area contributed by atoms with E-state index >= 15 is 0 Å². The Kier molecular flexibility index (Phi) is 5.46. The Hall–Kier alpha value is -1.66. The molecule has 3 rings (SSSR count). The molecule has 0 unspecified atom stereocenters. The molecule has 1 N–H and O–H groups in total. The number of ether oxygens (including phenoxy) is 1. The Morgan fingerprint density at radius 3 is 2.96 bits per heavy atom. The SMILES string of the molecule is CCCCCC(=O)Nc1ccc2nc(N3CCOCC3)sc2c1. The average Bonchev–Trinajstić information content (AvgIpc) is 2.99. The summed E-state index contributed by atoms with van der Waals surface area (Å²) in [6.45, 7) is 5.44. The minimum absolute atomic E-state index is 0.0933. The van der Waals surface area contributed by atoms with Crippen LogP contribution in [0.3, 0.4) is 0 Å². The standard InChI is InChI=1S/C17H23N3O2S/c1-2-3-4-5-16(21)18-13-6-7-14-15(12-13)23-17(19-14)20-8-10-22-11-9-20/h6-7,12H,2-5,8-11H2,1H3,(H,18,21). The van der Waals surface area contributed by atoms with Crippen molar-refractivity contribution in [1.82, 2.24) is 4.98 Å². The number of benzene rings is 1. The van der Waals surface area contributed by atoms with E-state index in [1.165, 1.54) is 0 Å². The Morgan fingerprint density at radius 2 is 2.17 bits per heavy atom. The normalized spacial score (nSPS) is 15.1. The topological polar surface area (TPSA) is 54.5 Å². The van der Waals surface area contributed by atoms with Gasteiger partial charge < -0.3 is 15.0 Å². The van der Waals surface area contributed by atoms with Crippen molar-refractivity contribution in [2.45, 2.75) is 32.6 Å². The van der Waals surface area contributed by atoms with E-state index in [1.54, 1.807) is 11.3 Å². The smallest absolute Gasteiger partial charge is 0.224 e. The van der Waals surface area contributed by atoms with Gasteiger partial charge in [-0.2, -0.15) is 0 Å². The van der Waals surface area contributed by atoms with Gasteiger partial charge in [-0.25, -0.2) is 4.98 Å². The van der Waals surface area contributed by atoms with Gasteiger partial charge in [0.15, 0.2) is 5.13 Å². The highest BCUT2D eigenvalue weighted by molar-refractivity contribution is 7.22. The van der Waals surface area contributed by atoms with Crippen molar-refractivity contribution in [1.29, 1.82) is 0 Å². The molecule has 6 heteroatoms. The van der Waals surface area contributed by atoms with E-state index in [0.29, 0.717) is 6.42 Å². The van der Waals surface area contributed by atoms with Crippen molar-refractivity contribution >= 4 is 38.3 Å². The van der Waals surface area contributed by atoms with Gasteiger partial charge in [-0.3, -0.25) is 4.79 Å². The van der Waals surface area contributed by atoms with E-state index in [9.17, 15) is 4.79 Å². The zero-order chi connectivity index (χ0) is 16.1. The summed E-state index contributed by atoms with van der Waals surface area (Å²) in [6, 6.07) is 5.94. The van der Waals surface area contributed by atoms with Crippen molar-refractivity contribution < 1.29 is 9.53 Å². The average molecular weight is 333 g/mol. The molecule has 1 saturated heterocycles. The predicted molar refractivity (Wildman–Crippen MR) is 95.4 cm³/mol. The second kappa shape index (κ2) is 7.75. The van der Waals surface area contributed by atoms with Gasteiger partial charge >= 0.3 is 0 Å². The van der Waals surface area contributed by atoms with E-state index < -0.39 is 0 Å². The van der Waals surface area contributed by atoms with Crippen LogP contribution in [0.2, 0.25) is 0 Å². The molecular formula is C17H23N3O2S. The Labute approximate surface area is 140 Å². The minimum atomic E-state index is 0.0933. The fourth-order valence-electron chi connectivity index (χ4n) is 2.64. The van der Waals surface area contributed by atoms with Crippen molar-refractivity contribution in [2.24, 2.45) is 0 Å². The molecule has 1 aliphatic heterocycles. The third-order valence-corrected chi connectivity index (χ3v) is 5.03. The maximum atomic E-state index is 11.9. The summed E-state index contributed by atoms with van der Waals surface area (Å²) in [5.41, 5.74) is 1.84. The van der Waals surface area contributed by atoms with Gasteiger partial charge in [0.1, 0.15) is 0 Å². The van der Waals surface area contributed by atoms with Gasteiger partial charge in [0.25, 0.3) is 0 Å². The molecule has 124 valence electrons. The molecule has 5 nitrogen and oxygen atoms in total. The molecule has 1 fully saturated rings. The molecule has 1 amide bonds. The fraction of sp³-hybridized carbons (Fsp3) is 0.529. The molecule has 1 aromatic carbocycles. The van der Waals surface area contributed by atoms with Crippen molar-refractivity contribution in [3.8, 4) is 0 Å². The number of rotatable bonds is 6. The number of unbranched alkanes of at least 4 members (excludes halogenated alkanes) is 2. The molecule has 0 bridgehead atoms. The van der Waals surface area contributed by atoms with Crippen LogP contribution in [0.5, 0.6) is 0 Å². The van der Waals surface area contributed by atoms with E-state index in [2.05, 4.69) is 17.1 Å². The van der Waals surface area contributed by atoms with Crippen LogP contribution in [0.1, 0.15) is 32.6 Å².